The lowest BCUT2D eigenvalue weighted by Crippen LogP contribution is -2.36. The van der Waals surface area contributed by atoms with E-state index >= 15 is 0 Å². The second-order valence-corrected chi connectivity index (χ2v) is 19.5. The molecule has 8 heterocycles. The Bertz CT molecular complexity index is 2820. The molecule has 72 heavy (non-hydrogen) atoms. The number of aromatic nitrogens is 4. The molecule has 13 rings (SSSR count). The fraction of sp³-hybridized carbons (Fsp3) is 0.267. The first-order chi connectivity index (χ1) is 35.4. The maximum absolute atomic E-state index is 6.94. The van der Waals surface area contributed by atoms with E-state index in [4.69, 9.17) is 37.9 Å². The number of pyridine rings is 4. The molecule has 4 aliphatic heterocycles. The summed E-state index contributed by atoms with van der Waals surface area (Å²) in [5.41, 5.74) is 12.1. The van der Waals surface area contributed by atoms with Crippen LogP contribution in [0, 0.1) is 0 Å². The van der Waals surface area contributed by atoms with E-state index in [2.05, 4.69) is 120 Å². The minimum atomic E-state index is -0.210. The first-order valence-electron chi connectivity index (χ1n) is 24.9. The Morgan fingerprint density at radius 2 is 0.444 bits per heavy atom. The van der Waals surface area contributed by atoms with Gasteiger partial charge in [0.25, 0.3) is 0 Å². The zero-order valence-electron chi connectivity index (χ0n) is 40.9. The summed E-state index contributed by atoms with van der Waals surface area (Å²) in [6.45, 7) is 10.9. The molecule has 0 amide bonds. The van der Waals surface area contributed by atoms with Crippen molar-refractivity contribution >= 4 is 0 Å². The highest BCUT2D eigenvalue weighted by Crippen LogP contribution is 2.56. The zero-order valence-corrected chi connectivity index (χ0v) is 40.9. The van der Waals surface area contributed by atoms with Crippen molar-refractivity contribution in [2.24, 2.45) is 0 Å². The Balaban J connectivity index is 1.15. The van der Waals surface area contributed by atoms with Gasteiger partial charge in [0.2, 0.25) is 27.2 Å². The molecule has 0 unspecified atom stereocenters. The van der Waals surface area contributed by atoms with Crippen molar-refractivity contribution in [3.8, 4) is 46.0 Å². The molecule has 4 aromatic heterocycles. The van der Waals surface area contributed by atoms with Crippen LogP contribution in [0.25, 0.3) is 0 Å². The van der Waals surface area contributed by atoms with E-state index in [1.165, 1.54) is 0 Å². The lowest BCUT2D eigenvalue weighted by molar-refractivity contribution is -0.688. The van der Waals surface area contributed by atoms with Gasteiger partial charge in [0.15, 0.2) is 75.8 Å². The zero-order chi connectivity index (χ0) is 48.5. The molecule has 0 saturated carbocycles. The molecule has 12 nitrogen and oxygen atoms in total. The third-order valence-electron chi connectivity index (χ3n) is 15.4. The molecule has 12 heteroatoms. The van der Waals surface area contributed by atoms with Gasteiger partial charge >= 0.3 is 0 Å². The molecule has 0 saturated heterocycles. The molecule has 8 bridgehead atoms. The van der Waals surface area contributed by atoms with Crippen LogP contribution < -0.4 is 56.2 Å². The van der Waals surface area contributed by atoms with E-state index in [-0.39, 0.29) is 50.8 Å². The summed E-state index contributed by atoms with van der Waals surface area (Å²) in [7, 11) is 0. The van der Waals surface area contributed by atoms with Crippen molar-refractivity contribution in [2.45, 2.75) is 77.5 Å². The van der Waals surface area contributed by atoms with Crippen LogP contribution >= 0.6 is 0 Å². The number of hydrogen-bond acceptors (Lipinski definition) is 8. The fourth-order valence-electron chi connectivity index (χ4n) is 11.7. The summed E-state index contributed by atoms with van der Waals surface area (Å²) in [5, 5.41) is 0. The molecule has 8 aromatic rings. The van der Waals surface area contributed by atoms with E-state index in [0.717, 1.165) is 113 Å². The first-order valence-corrected chi connectivity index (χ1v) is 24.9. The number of ether oxygens (including phenoxy) is 8. The van der Waals surface area contributed by atoms with Crippen molar-refractivity contribution in [1.82, 2.24) is 0 Å². The normalized spacial score (nSPS) is 18.6. The maximum atomic E-state index is 6.94. The number of rotatable bonds is 8. The summed E-state index contributed by atoms with van der Waals surface area (Å²) in [6.07, 6.45) is 16.6. The quantitative estimate of drug-likeness (QED) is 0.140. The smallest absolute Gasteiger partial charge is 0.230 e. The van der Waals surface area contributed by atoms with Crippen LogP contribution in [0.3, 0.4) is 0 Å². The van der Waals surface area contributed by atoms with Crippen LogP contribution in [-0.4, -0.2) is 27.2 Å². The van der Waals surface area contributed by atoms with Gasteiger partial charge in [0.05, 0.1) is 0 Å². The lowest BCUT2D eigenvalue weighted by Gasteiger charge is -2.35. The third-order valence-corrected chi connectivity index (χ3v) is 15.4. The molecule has 1 aliphatic carbocycles. The van der Waals surface area contributed by atoms with E-state index in [1.807, 2.05) is 72.8 Å². The van der Waals surface area contributed by atoms with Crippen molar-refractivity contribution in [2.75, 3.05) is 27.2 Å². The van der Waals surface area contributed by atoms with Crippen LogP contribution in [0.1, 0.15) is 118 Å². The second kappa shape index (κ2) is 17.9. The van der Waals surface area contributed by atoms with E-state index < -0.39 is 0 Å². The summed E-state index contributed by atoms with van der Waals surface area (Å²) >= 11 is 0. The SMILES string of the molecule is CC1c2cc3c4c(C[n+]5ccccc5)c2OCOc2c1cc1c(c2C[n+]2ccccc2)OCOc2c(cc5c(c2C[n+]2ccccc2)OCOc2c(cc(c(c2C[n+]2ccccc2)OCO4)C3C)C5C)C1C. The molecule has 360 valence electrons. The van der Waals surface area contributed by atoms with Gasteiger partial charge < -0.3 is 37.9 Å². The van der Waals surface area contributed by atoms with Gasteiger partial charge in [-0.1, -0.05) is 52.0 Å². The Hall–Kier alpha value is -8.12. The van der Waals surface area contributed by atoms with Crippen LogP contribution in [0.5, 0.6) is 46.0 Å². The molecule has 0 radical (unpaired) electrons. The van der Waals surface area contributed by atoms with Crippen molar-refractivity contribution in [3.05, 3.63) is 213 Å². The summed E-state index contributed by atoms with van der Waals surface area (Å²) in [5.74, 6) is 5.11. The van der Waals surface area contributed by atoms with Crippen LogP contribution in [0.2, 0.25) is 0 Å². The average Bonchev–Trinajstić information content (AvgIpc) is 3.39. The van der Waals surface area contributed by atoms with Gasteiger partial charge in [0, 0.05) is 117 Å². The Morgan fingerprint density at radius 3 is 0.611 bits per heavy atom. The van der Waals surface area contributed by atoms with Gasteiger partial charge in [-0.2, -0.15) is 0 Å². The van der Waals surface area contributed by atoms with Gasteiger partial charge in [-0.3, -0.25) is 0 Å². The maximum Gasteiger partial charge on any atom is 0.230 e. The summed E-state index contributed by atoms with van der Waals surface area (Å²) in [4.78, 5) is 0. The first kappa shape index (κ1) is 43.9. The minimum absolute atomic E-state index is 0.0375. The predicted octanol–water partition coefficient (Wildman–Crippen LogP) is 8.87. The Labute approximate surface area is 418 Å². The highest BCUT2D eigenvalue weighted by atomic mass is 16.7. The largest absolute Gasteiger partial charge is 0.456 e. The van der Waals surface area contributed by atoms with Crippen LogP contribution in [-0.2, 0) is 26.2 Å². The molecule has 0 spiro atoms. The molecule has 4 aromatic carbocycles. The van der Waals surface area contributed by atoms with Crippen LogP contribution in [0.4, 0.5) is 0 Å². The molecular formula is C60H56N4O8+4. The second-order valence-electron chi connectivity index (χ2n) is 19.5. The molecule has 0 fully saturated rings. The monoisotopic (exact) mass is 960 g/mol. The van der Waals surface area contributed by atoms with E-state index in [9.17, 15) is 0 Å². The lowest BCUT2D eigenvalue weighted by atomic mass is 9.78. The van der Waals surface area contributed by atoms with Crippen LogP contribution in [0.15, 0.2) is 147 Å². The standard InChI is InChI=1S/C60H56N4O8/c1-37-41-25-43-38(2)45-27-47-40(4)48-28-46-39(3)44-26-42(37)54-50(30-62-19-11-6-12-20-62)56(44)68-35-70-58(46)52(32-64-23-15-8-16-24-64)60(48)72-36-71-59(47)51(31-63-21-13-7-14-22-63)57(45)69-34-67-55(43)49(53(41)65-33-66-54)29-61-17-9-5-10-18-61/h5-28,37-40H,29-36H2,1-4H3/q+4. The van der Waals surface area contributed by atoms with Gasteiger partial charge in [-0.15, -0.1) is 0 Å². The molecular weight excluding hydrogens is 905 g/mol. The number of hydrogen-bond donors (Lipinski definition) is 0. The minimum Gasteiger partial charge on any atom is -0.456 e. The van der Waals surface area contributed by atoms with Crippen molar-refractivity contribution < 1.29 is 56.2 Å². The average molecular weight is 961 g/mol. The number of nitrogens with zero attached hydrogens (tertiary/aromatic N) is 4. The molecule has 0 N–H and O–H groups in total. The fourth-order valence-corrected chi connectivity index (χ4v) is 11.7. The van der Waals surface area contributed by atoms with E-state index in [0.29, 0.717) is 26.2 Å². The summed E-state index contributed by atoms with van der Waals surface area (Å²) in [6, 6.07) is 33.8. The van der Waals surface area contributed by atoms with Gasteiger partial charge in [-0.05, 0) is 24.3 Å². The van der Waals surface area contributed by atoms with Gasteiger partial charge in [0.1, 0.15) is 68.2 Å². The topological polar surface area (TPSA) is 89.4 Å². The third kappa shape index (κ3) is 7.41. The summed E-state index contributed by atoms with van der Waals surface area (Å²) < 4.78 is 64.2. The predicted molar refractivity (Wildman–Crippen MR) is 263 cm³/mol. The van der Waals surface area contributed by atoms with E-state index in [1.54, 1.807) is 0 Å². The molecule has 5 aliphatic rings. The Morgan fingerprint density at radius 1 is 0.278 bits per heavy atom. The Kier molecular flexibility index (Phi) is 10.9. The molecule has 0 atom stereocenters. The van der Waals surface area contributed by atoms with Crippen molar-refractivity contribution in [3.63, 3.8) is 0 Å². The highest BCUT2D eigenvalue weighted by Gasteiger charge is 2.41. The number of benzene rings is 4. The van der Waals surface area contributed by atoms with Gasteiger partial charge in [-0.25, -0.2) is 18.3 Å². The van der Waals surface area contributed by atoms with Crippen molar-refractivity contribution in [1.29, 1.82) is 0 Å². The highest BCUT2D eigenvalue weighted by molar-refractivity contribution is 5.69.